The van der Waals surface area contributed by atoms with Crippen molar-refractivity contribution in [3.63, 3.8) is 0 Å². The summed E-state index contributed by atoms with van der Waals surface area (Å²) in [7, 11) is 3.16. The van der Waals surface area contributed by atoms with Crippen molar-refractivity contribution in [1.29, 1.82) is 0 Å². The molecule has 0 spiro atoms. The van der Waals surface area contributed by atoms with Crippen LogP contribution < -0.4 is 0 Å². The van der Waals surface area contributed by atoms with Crippen LogP contribution in [0.3, 0.4) is 0 Å². The van der Waals surface area contributed by atoms with Crippen molar-refractivity contribution in [1.82, 2.24) is 4.90 Å². The third-order valence-electron chi connectivity index (χ3n) is 2.30. The number of carbonyl (C=O) groups excluding carboxylic acids is 1. The molecule has 1 rings (SSSR count). The van der Waals surface area contributed by atoms with Crippen LogP contribution in [0.5, 0.6) is 0 Å². The molecule has 0 heterocycles. The molecule has 0 fully saturated rings. The highest BCUT2D eigenvalue weighted by Crippen LogP contribution is 2.21. The molecule has 0 bridgehead atoms. The number of methoxy groups -OCH3 is 1. The number of hydrogen-bond donors (Lipinski definition) is 1. The highest BCUT2D eigenvalue weighted by atomic mass is 79.9. The van der Waals surface area contributed by atoms with Crippen LogP contribution in [0.15, 0.2) is 27.1 Å². The van der Waals surface area contributed by atoms with E-state index in [1.165, 1.54) is 12.0 Å². The molecule has 4 nitrogen and oxygen atoms in total. The van der Waals surface area contributed by atoms with Gasteiger partial charge in [-0.1, -0.05) is 31.9 Å². The molecule has 0 saturated carbocycles. The lowest BCUT2D eigenvalue weighted by atomic mass is 10.2. The van der Waals surface area contributed by atoms with Crippen LogP contribution in [0.1, 0.15) is 10.4 Å². The lowest BCUT2D eigenvalue weighted by Crippen LogP contribution is -2.36. The fourth-order valence-corrected chi connectivity index (χ4v) is 2.84. The second-order valence-electron chi connectivity index (χ2n) is 3.95. The SMILES string of the molecule is COCC(O)CN(C)C(=O)c1cc(Br)cc(Br)c1. The van der Waals surface area contributed by atoms with Gasteiger partial charge in [0, 0.05) is 35.2 Å². The lowest BCUT2D eigenvalue weighted by Gasteiger charge is -2.20. The summed E-state index contributed by atoms with van der Waals surface area (Å²) >= 11 is 6.67. The number of rotatable bonds is 5. The van der Waals surface area contributed by atoms with Gasteiger partial charge in [-0.2, -0.15) is 0 Å². The highest BCUT2D eigenvalue weighted by molar-refractivity contribution is 9.11. The Morgan fingerprint density at radius 1 is 1.39 bits per heavy atom. The zero-order chi connectivity index (χ0) is 13.7. The number of hydrogen-bond acceptors (Lipinski definition) is 3. The molecule has 100 valence electrons. The van der Waals surface area contributed by atoms with Crippen molar-refractivity contribution in [3.8, 4) is 0 Å². The maximum atomic E-state index is 12.1. The van der Waals surface area contributed by atoms with Crippen molar-refractivity contribution in [2.45, 2.75) is 6.10 Å². The molecule has 0 aliphatic rings. The summed E-state index contributed by atoms with van der Waals surface area (Å²) in [6.07, 6.45) is -0.681. The standard InChI is InChI=1S/C12H15Br2NO3/c1-15(6-11(16)7-18-2)12(17)8-3-9(13)5-10(14)4-8/h3-5,11,16H,6-7H2,1-2H3. The van der Waals surface area contributed by atoms with Crippen LogP contribution >= 0.6 is 31.9 Å². The predicted octanol–water partition coefficient (Wildman–Crippen LogP) is 2.29. The maximum Gasteiger partial charge on any atom is 0.253 e. The van der Waals surface area contributed by atoms with Gasteiger partial charge in [0.15, 0.2) is 0 Å². The van der Waals surface area contributed by atoms with Crippen LogP contribution in [0.25, 0.3) is 0 Å². The van der Waals surface area contributed by atoms with Crippen molar-refractivity contribution in [3.05, 3.63) is 32.7 Å². The Labute approximate surface area is 123 Å². The van der Waals surface area contributed by atoms with E-state index in [-0.39, 0.29) is 19.1 Å². The molecule has 1 aromatic rings. The Hall–Kier alpha value is -0.430. The van der Waals surface area contributed by atoms with E-state index < -0.39 is 6.10 Å². The smallest absolute Gasteiger partial charge is 0.253 e. The van der Waals surface area contributed by atoms with E-state index in [2.05, 4.69) is 31.9 Å². The van der Waals surface area contributed by atoms with Gasteiger partial charge in [-0.15, -0.1) is 0 Å². The zero-order valence-electron chi connectivity index (χ0n) is 10.2. The first kappa shape index (κ1) is 15.6. The molecule has 1 atom stereocenters. The van der Waals surface area contributed by atoms with Gasteiger partial charge in [0.1, 0.15) is 0 Å². The van der Waals surface area contributed by atoms with Crippen molar-refractivity contribution >= 4 is 37.8 Å². The minimum absolute atomic E-state index is 0.146. The number of halogens is 2. The molecule has 1 amide bonds. The molecule has 0 radical (unpaired) electrons. The first-order chi connectivity index (χ1) is 8.43. The molecule has 1 unspecified atom stereocenters. The summed E-state index contributed by atoms with van der Waals surface area (Å²) in [6.45, 7) is 0.441. The molecule has 1 aromatic carbocycles. The number of aliphatic hydroxyl groups excluding tert-OH is 1. The molecule has 0 saturated heterocycles. The first-order valence-electron chi connectivity index (χ1n) is 5.32. The first-order valence-corrected chi connectivity index (χ1v) is 6.91. The van der Waals surface area contributed by atoms with Gasteiger partial charge in [-0.25, -0.2) is 0 Å². The number of ether oxygens (including phenoxy) is 1. The van der Waals surface area contributed by atoms with Gasteiger partial charge in [-0.3, -0.25) is 4.79 Å². The van der Waals surface area contributed by atoms with Crippen LogP contribution in [0.4, 0.5) is 0 Å². The minimum atomic E-state index is -0.681. The lowest BCUT2D eigenvalue weighted by molar-refractivity contribution is 0.0380. The van der Waals surface area contributed by atoms with Gasteiger partial charge in [0.2, 0.25) is 0 Å². The predicted molar refractivity (Wildman–Crippen MR) is 76.7 cm³/mol. The van der Waals surface area contributed by atoms with E-state index in [4.69, 9.17) is 4.74 Å². The Balaban J connectivity index is 2.74. The van der Waals surface area contributed by atoms with E-state index in [9.17, 15) is 9.90 Å². The fourth-order valence-electron chi connectivity index (χ4n) is 1.54. The topological polar surface area (TPSA) is 49.8 Å². The third-order valence-corrected chi connectivity index (χ3v) is 3.22. The number of carbonyl (C=O) groups is 1. The second kappa shape index (κ2) is 7.23. The molecule has 18 heavy (non-hydrogen) atoms. The average molecular weight is 381 g/mol. The monoisotopic (exact) mass is 379 g/mol. The van der Waals surface area contributed by atoms with Crippen molar-refractivity contribution in [2.24, 2.45) is 0 Å². The summed E-state index contributed by atoms with van der Waals surface area (Å²) < 4.78 is 6.48. The normalized spacial score (nSPS) is 12.3. The number of amides is 1. The van der Waals surface area contributed by atoms with Gasteiger partial charge in [0.05, 0.1) is 12.7 Å². The number of nitrogens with zero attached hydrogens (tertiary/aromatic N) is 1. The van der Waals surface area contributed by atoms with Gasteiger partial charge in [-0.05, 0) is 18.2 Å². The van der Waals surface area contributed by atoms with Gasteiger partial charge < -0.3 is 14.7 Å². The van der Waals surface area contributed by atoms with Crippen LogP contribution in [0, 0.1) is 0 Å². The molecule has 0 aliphatic heterocycles. The van der Waals surface area contributed by atoms with E-state index >= 15 is 0 Å². The Morgan fingerprint density at radius 2 is 1.94 bits per heavy atom. The molecular formula is C12H15Br2NO3. The molecule has 0 aliphatic carbocycles. The summed E-state index contributed by atoms with van der Waals surface area (Å²) in [4.78, 5) is 13.6. The Bertz CT molecular complexity index is 406. The van der Waals surface area contributed by atoms with Crippen LogP contribution in [-0.4, -0.2) is 49.3 Å². The largest absolute Gasteiger partial charge is 0.389 e. The van der Waals surface area contributed by atoms with Crippen molar-refractivity contribution in [2.75, 3.05) is 27.3 Å². The van der Waals surface area contributed by atoms with Crippen LogP contribution in [-0.2, 0) is 4.74 Å². The second-order valence-corrected chi connectivity index (χ2v) is 5.78. The summed E-state index contributed by atoms with van der Waals surface area (Å²) in [5.74, 6) is -0.146. The summed E-state index contributed by atoms with van der Waals surface area (Å²) in [5.41, 5.74) is 0.559. The number of likely N-dealkylation sites (N-methyl/N-ethyl adjacent to an activating group) is 1. The fraction of sp³-hybridized carbons (Fsp3) is 0.417. The Kier molecular flexibility index (Phi) is 6.28. The van der Waals surface area contributed by atoms with E-state index in [0.29, 0.717) is 5.56 Å². The Morgan fingerprint density at radius 3 is 2.44 bits per heavy atom. The van der Waals surface area contributed by atoms with E-state index in [1.807, 2.05) is 6.07 Å². The quantitative estimate of drug-likeness (QED) is 0.852. The van der Waals surface area contributed by atoms with Gasteiger partial charge >= 0.3 is 0 Å². The van der Waals surface area contributed by atoms with Gasteiger partial charge in [0.25, 0.3) is 5.91 Å². The zero-order valence-corrected chi connectivity index (χ0v) is 13.4. The maximum absolute atomic E-state index is 12.1. The summed E-state index contributed by atoms with van der Waals surface area (Å²) in [5, 5.41) is 9.59. The summed E-state index contributed by atoms with van der Waals surface area (Å²) in [6, 6.07) is 5.34. The molecular weight excluding hydrogens is 366 g/mol. The number of aliphatic hydroxyl groups is 1. The third kappa shape index (κ3) is 4.68. The molecule has 6 heteroatoms. The molecule has 0 aromatic heterocycles. The molecule has 1 N–H and O–H groups in total. The van der Waals surface area contributed by atoms with E-state index in [1.54, 1.807) is 19.2 Å². The minimum Gasteiger partial charge on any atom is -0.389 e. The average Bonchev–Trinajstić information content (AvgIpc) is 2.26. The van der Waals surface area contributed by atoms with E-state index in [0.717, 1.165) is 8.95 Å². The number of benzene rings is 1. The van der Waals surface area contributed by atoms with Crippen LogP contribution in [0.2, 0.25) is 0 Å². The van der Waals surface area contributed by atoms with Crippen molar-refractivity contribution < 1.29 is 14.6 Å². The highest BCUT2D eigenvalue weighted by Gasteiger charge is 2.16.